The molecule has 3 saturated carbocycles. The number of fused-ring (bicyclic) bond motifs is 5. The number of rotatable bonds is 1. The van der Waals surface area contributed by atoms with Crippen molar-refractivity contribution in [1.82, 2.24) is 5.32 Å². The predicted molar refractivity (Wildman–Crippen MR) is 85.6 cm³/mol. The van der Waals surface area contributed by atoms with Gasteiger partial charge in [0.2, 0.25) is 0 Å². The summed E-state index contributed by atoms with van der Waals surface area (Å²) >= 11 is 0. The Morgan fingerprint density at radius 2 is 1.95 bits per heavy atom. The average molecular weight is 289 g/mol. The lowest BCUT2D eigenvalue weighted by atomic mass is 9.51. The second-order valence-corrected chi connectivity index (χ2v) is 8.49. The Kier molecular flexibility index (Phi) is 3.37. The summed E-state index contributed by atoms with van der Waals surface area (Å²) in [6.07, 6.45) is 12.9. The summed E-state index contributed by atoms with van der Waals surface area (Å²) in [4.78, 5) is 0. The van der Waals surface area contributed by atoms with E-state index in [9.17, 15) is 5.11 Å². The Labute approximate surface area is 129 Å². The van der Waals surface area contributed by atoms with E-state index in [0.29, 0.717) is 0 Å². The number of hydrogen-bond acceptors (Lipinski definition) is 2. The fraction of sp³-hybridized carbons (Fsp3) is 0.895. The summed E-state index contributed by atoms with van der Waals surface area (Å²) in [6, 6.07) is 0. The van der Waals surface area contributed by atoms with E-state index in [2.05, 4.69) is 25.4 Å². The van der Waals surface area contributed by atoms with E-state index in [0.717, 1.165) is 36.0 Å². The summed E-state index contributed by atoms with van der Waals surface area (Å²) in [5.74, 6) is 4.52. The molecule has 0 spiro atoms. The Hall–Kier alpha value is -0.500. The van der Waals surface area contributed by atoms with Crippen molar-refractivity contribution in [2.45, 2.75) is 64.4 Å². The monoisotopic (exact) mass is 289 g/mol. The summed E-state index contributed by atoms with van der Waals surface area (Å²) in [7, 11) is 2.07. The zero-order valence-corrected chi connectivity index (χ0v) is 13.6. The van der Waals surface area contributed by atoms with E-state index in [-0.39, 0.29) is 11.5 Å². The Bertz CT molecular complexity index is 445. The summed E-state index contributed by atoms with van der Waals surface area (Å²) in [5.41, 5.74) is 1.72. The molecular formula is C19H31NO. The van der Waals surface area contributed by atoms with Gasteiger partial charge in [-0.1, -0.05) is 13.0 Å². The Morgan fingerprint density at radius 1 is 1.10 bits per heavy atom. The highest BCUT2D eigenvalue weighted by molar-refractivity contribution is 5.12. The minimum atomic E-state index is -0.0247. The molecule has 0 amide bonds. The third-order valence-electron chi connectivity index (χ3n) is 7.91. The highest BCUT2D eigenvalue weighted by Crippen LogP contribution is 2.62. The maximum Gasteiger partial charge on any atom is 0.0596 e. The largest absolute Gasteiger partial charge is 0.393 e. The lowest BCUT2D eigenvalue weighted by molar-refractivity contribution is -0.0745. The van der Waals surface area contributed by atoms with E-state index in [4.69, 9.17) is 0 Å². The number of nitrogens with one attached hydrogen (secondary N) is 1. The molecule has 7 unspecified atom stereocenters. The van der Waals surface area contributed by atoms with Crippen LogP contribution >= 0.6 is 0 Å². The zero-order valence-electron chi connectivity index (χ0n) is 13.6. The van der Waals surface area contributed by atoms with Crippen LogP contribution in [0.25, 0.3) is 0 Å². The molecule has 2 heteroatoms. The molecule has 3 fully saturated rings. The molecule has 118 valence electrons. The van der Waals surface area contributed by atoms with E-state index >= 15 is 0 Å². The van der Waals surface area contributed by atoms with Crippen LogP contribution in [0.2, 0.25) is 0 Å². The van der Waals surface area contributed by atoms with Crippen LogP contribution in [0.15, 0.2) is 11.8 Å². The van der Waals surface area contributed by atoms with Gasteiger partial charge in [0.15, 0.2) is 0 Å². The molecule has 2 N–H and O–H groups in total. The fourth-order valence-corrected chi connectivity index (χ4v) is 6.68. The number of aliphatic hydroxyl groups excluding tert-OH is 1. The van der Waals surface area contributed by atoms with Gasteiger partial charge in [0.05, 0.1) is 6.10 Å². The van der Waals surface area contributed by atoms with Crippen molar-refractivity contribution in [1.29, 1.82) is 0 Å². The van der Waals surface area contributed by atoms with E-state index in [1.807, 2.05) is 0 Å². The first-order chi connectivity index (χ1) is 10.1. The van der Waals surface area contributed by atoms with E-state index in [1.54, 1.807) is 0 Å². The van der Waals surface area contributed by atoms with Crippen LogP contribution < -0.4 is 5.32 Å². The minimum absolute atomic E-state index is 0.0247. The van der Waals surface area contributed by atoms with Crippen molar-refractivity contribution in [2.24, 2.45) is 35.0 Å². The van der Waals surface area contributed by atoms with Crippen molar-refractivity contribution < 1.29 is 5.11 Å². The smallest absolute Gasteiger partial charge is 0.0596 e. The van der Waals surface area contributed by atoms with Gasteiger partial charge in [0, 0.05) is 12.7 Å². The molecule has 0 saturated heterocycles. The summed E-state index contributed by atoms with van der Waals surface area (Å²) in [5, 5.41) is 13.8. The molecule has 0 radical (unpaired) electrons. The summed E-state index contributed by atoms with van der Waals surface area (Å²) < 4.78 is 0. The topological polar surface area (TPSA) is 32.3 Å². The van der Waals surface area contributed by atoms with Gasteiger partial charge < -0.3 is 10.4 Å². The molecule has 0 aliphatic heterocycles. The second-order valence-electron chi connectivity index (χ2n) is 8.49. The van der Waals surface area contributed by atoms with E-state index in [1.165, 1.54) is 50.6 Å². The highest BCUT2D eigenvalue weighted by Gasteiger charge is 2.56. The first kappa shape index (κ1) is 14.1. The molecule has 0 heterocycles. The number of allylic oxidation sites excluding steroid dienone is 2. The number of hydrogen-bond donors (Lipinski definition) is 2. The van der Waals surface area contributed by atoms with Crippen LogP contribution in [0.4, 0.5) is 0 Å². The van der Waals surface area contributed by atoms with Crippen LogP contribution in [0, 0.1) is 35.0 Å². The quantitative estimate of drug-likeness (QED) is 0.771. The molecule has 2 nitrogen and oxygen atoms in total. The van der Waals surface area contributed by atoms with Gasteiger partial charge in [0.25, 0.3) is 0 Å². The van der Waals surface area contributed by atoms with Crippen LogP contribution in [0.1, 0.15) is 58.3 Å². The first-order valence-electron chi connectivity index (χ1n) is 9.18. The minimum Gasteiger partial charge on any atom is -0.393 e. The van der Waals surface area contributed by atoms with Crippen molar-refractivity contribution in [2.75, 3.05) is 7.05 Å². The standard InChI is InChI=1S/C19H31NO/c1-19-10-9-15-14-6-4-13(20-2)11-12(14)3-5-16(15)17(19)7-8-18(19)21/h4,12,14-18,20-21H,3,5-11H2,1-2H3. The molecule has 4 aliphatic rings. The average Bonchev–Trinajstić information content (AvgIpc) is 2.82. The lowest BCUT2D eigenvalue weighted by Gasteiger charge is -2.55. The third kappa shape index (κ3) is 2.01. The maximum atomic E-state index is 10.5. The molecule has 0 aromatic heterocycles. The predicted octanol–water partition coefficient (Wildman–Crippen LogP) is 3.71. The second kappa shape index (κ2) is 5.01. The van der Waals surface area contributed by atoms with Crippen molar-refractivity contribution in [3.05, 3.63) is 11.8 Å². The molecule has 0 bridgehead atoms. The van der Waals surface area contributed by atoms with Crippen molar-refractivity contribution in [3.8, 4) is 0 Å². The summed E-state index contributed by atoms with van der Waals surface area (Å²) in [6.45, 7) is 2.39. The fourth-order valence-electron chi connectivity index (χ4n) is 6.68. The molecule has 0 aromatic carbocycles. The molecule has 7 atom stereocenters. The molecule has 4 aliphatic carbocycles. The first-order valence-corrected chi connectivity index (χ1v) is 9.18. The molecule has 21 heavy (non-hydrogen) atoms. The Balaban J connectivity index is 1.57. The van der Waals surface area contributed by atoms with Gasteiger partial charge in [-0.25, -0.2) is 0 Å². The lowest BCUT2D eigenvalue weighted by Crippen LogP contribution is -2.49. The molecular weight excluding hydrogens is 258 g/mol. The van der Waals surface area contributed by atoms with Crippen LogP contribution in [-0.2, 0) is 0 Å². The van der Waals surface area contributed by atoms with Gasteiger partial charge >= 0.3 is 0 Å². The van der Waals surface area contributed by atoms with Crippen LogP contribution in [0.5, 0.6) is 0 Å². The van der Waals surface area contributed by atoms with Gasteiger partial charge in [-0.3, -0.25) is 0 Å². The number of aliphatic hydroxyl groups is 1. The van der Waals surface area contributed by atoms with E-state index < -0.39 is 0 Å². The SMILES string of the molecule is CNC1=CCC2C(CCC3C2CCC2(C)C(O)CCC32)C1. The highest BCUT2D eigenvalue weighted by atomic mass is 16.3. The van der Waals surface area contributed by atoms with Crippen LogP contribution in [0.3, 0.4) is 0 Å². The molecule has 0 aromatic rings. The Morgan fingerprint density at radius 3 is 2.76 bits per heavy atom. The van der Waals surface area contributed by atoms with Gasteiger partial charge in [0.1, 0.15) is 0 Å². The van der Waals surface area contributed by atoms with Crippen LogP contribution in [-0.4, -0.2) is 18.3 Å². The maximum absolute atomic E-state index is 10.5. The van der Waals surface area contributed by atoms with Gasteiger partial charge in [-0.2, -0.15) is 0 Å². The van der Waals surface area contributed by atoms with Crippen molar-refractivity contribution >= 4 is 0 Å². The third-order valence-corrected chi connectivity index (χ3v) is 7.91. The van der Waals surface area contributed by atoms with Crippen molar-refractivity contribution in [3.63, 3.8) is 0 Å². The zero-order chi connectivity index (χ0) is 14.6. The molecule has 4 rings (SSSR count). The van der Waals surface area contributed by atoms with Gasteiger partial charge in [-0.15, -0.1) is 0 Å². The van der Waals surface area contributed by atoms with Gasteiger partial charge in [-0.05, 0) is 86.4 Å². The normalized spacial score (nSPS) is 52.4.